The highest BCUT2D eigenvalue weighted by atomic mass is 35.5. The van der Waals surface area contributed by atoms with Crippen molar-refractivity contribution < 1.29 is 4.74 Å². The summed E-state index contributed by atoms with van der Waals surface area (Å²) in [5, 5.41) is 0.0603. The quantitative estimate of drug-likeness (QED) is 0.691. The molecule has 14 heavy (non-hydrogen) atoms. The molecular formula is C8H10ClN3O2. The molecule has 1 atom stereocenters. The standard InChI is InChI=1S/C8H10ClN3O2/c9-7-6(10)8(13)12(4-11-7)5-1-2-14-3-5/h4-5H,1-3,10H2. The molecule has 0 amide bonds. The number of nitrogens with zero attached hydrogens (tertiary/aromatic N) is 2. The molecule has 0 spiro atoms. The molecule has 2 heterocycles. The second kappa shape index (κ2) is 3.59. The van der Waals surface area contributed by atoms with Crippen molar-refractivity contribution in [2.75, 3.05) is 18.9 Å². The zero-order valence-corrected chi connectivity index (χ0v) is 8.20. The Morgan fingerprint density at radius 2 is 2.50 bits per heavy atom. The van der Waals surface area contributed by atoms with Gasteiger partial charge in [-0.15, -0.1) is 0 Å². The summed E-state index contributed by atoms with van der Waals surface area (Å²) < 4.78 is 6.66. The highest BCUT2D eigenvalue weighted by Gasteiger charge is 2.20. The van der Waals surface area contributed by atoms with Crippen molar-refractivity contribution in [2.24, 2.45) is 0 Å². The summed E-state index contributed by atoms with van der Waals surface area (Å²) >= 11 is 5.61. The van der Waals surface area contributed by atoms with Crippen LogP contribution in [0.25, 0.3) is 0 Å². The molecule has 0 aromatic carbocycles. The summed E-state index contributed by atoms with van der Waals surface area (Å²) in [5.74, 6) is 0. The van der Waals surface area contributed by atoms with Crippen LogP contribution in [0, 0.1) is 0 Å². The van der Waals surface area contributed by atoms with Crippen LogP contribution in [-0.2, 0) is 4.74 Å². The van der Waals surface area contributed by atoms with Crippen LogP contribution in [0.4, 0.5) is 5.69 Å². The number of ether oxygens (including phenoxy) is 1. The maximum absolute atomic E-state index is 11.6. The number of rotatable bonds is 1. The first-order chi connectivity index (χ1) is 6.70. The van der Waals surface area contributed by atoms with Crippen LogP contribution >= 0.6 is 11.6 Å². The van der Waals surface area contributed by atoms with Gasteiger partial charge in [0.15, 0.2) is 5.15 Å². The van der Waals surface area contributed by atoms with Crippen LogP contribution in [0.5, 0.6) is 0 Å². The fraction of sp³-hybridized carbons (Fsp3) is 0.500. The van der Waals surface area contributed by atoms with E-state index in [1.54, 1.807) is 0 Å². The van der Waals surface area contributed by atoms with E-state index >= 15 is 0 Å². The van der Waals surface area contributed by atoms with E-state index in [0.717, 1.165) is 6.42 Å². The average molecular weight is 216 g/mol. The third kappa shape index (κ3) is 1.49. The van der Waals surface area contributed by atoms with Crippen molar-refractivity contribution >= 4 is 17.3 Å². The van der Waals surface area contributed by atoms with E-state index in [1.165, 1.54) is 10.9 Å². The number of nitrogen functional groups attached to an aromatic ring is 1. The van der Waals surface area contributed by atoms with Gasteiger partial charge < -0.3 is 10.5 Å². The fourth-order valence-electron chi connectivity index (χ4n) is 1.46. The van der Waals surface area contributed by atoms with Crippen LogP contribution in [0.3, 0.4) is 0 Å². The van der Waals surface area contributed by atoms with Gasteiger partial charge in [-0.2, -0.15) is 0 Å². The minimum absolute atomic E-state index is 0.000988. The topological polar surface area (TPSA) is 70.1 Å². The molecule has 1 aromatic rings. The molecule has 2 N–H and O–H groups in total. The molecule has 1 fully saturated rings. The number of aromatic nitrogens is 2. The number of anilines is 1. The van der Waals surface area contributed by atoms with Crippen molar-refractivity contribution in [3.63, 3.8) is 0 Å². The van der Waals surface area contributed by atoms with E-state index in [9.17, 15) is 4.79 Å². The second-order valence-electron chi connectivity index (χ2n) is 3.18. The fourth-order valence-corrected chi connectivity index (χ4v) is 1.59. The van der Waals surface area contributed by atoms with Gasteiger partial charge in [-0.05, 0) is 6.42 Å². The van der Waals surface area contributed by atoms with Crippen LogP contribution in [0.1, 0.15) is 12.5 Å². The van der Waals surface area contributed by atoms with Gasteiger partial charge in [-0.25, -0.2) is 4.98 Å². The maximum Gasteiger partial charge on any atom is 0.278 e. The molecule has 76 valence electrons. The number of nitrogens with two attached hydrogens (primary N) is 1. The van der Waals surface area contributed by atoms with E-state index in [-0.39, 0.29) is 22.4 Å². The molecule has 5 nitrogen and oxygen atoms in total. The molecule has 1 aromatic heterocycles. The lowest BCUT2D eigenvalue weighted by Crippen LogP contribution is -2.27. The predicted octanol–water partition coefficient (Wildman–Crippen LogP) is 0.440. The van der Waals surface area contributed by atoms with E-state index in [0.29, 0.717) is 13.2 Å². The lowest BCUT2D eigenvalue weighted by molar-refractivity contribution is 0.186. The summed E-state index contributed by atoms with van der Waals surface area (Å²) in [6.07, 6.45) is 2.23. The van der Waals surface area contributed by atoms with E-state index < -0.39 is 0 Å². The van der Waals surface area contributed by atoms with Crippen molar-refractivity contribution in [2.45, 2.75) is 12.5 Å². The molecule has 0 aliphatic carbocycles. The van der Waals surface area contributed by atoms with Crippen LogP contribution in [0.15, 0.2) is 11.1 Å². The number of halogens is 1. The Morgan fingerprint density at radius 1 is 1.71 bits per heavy atom. The third-order valence-electron chi connectivity index (χ3n) is 2.28. The van der Waals surface area contributed by atoms with Gasteiger partial charge in [0.05, 0.1) is 19.0 Å². The van der Waals surface area contributed by atoms with Gasteiger partial charge in [0.2, 0.25) is 0 Å². The normalized spacial score (nSPS) is 21.4. The van der Waals surface area contributed by atoms with Gasteiger partial charge >= 0.3 is 0 Å². The van der Waals surface area contributed by atoms with Gasteiger partial charge in [0.1, 0.15) is 5.69 Å². The van der Waals surface area contributed by atoms with Crippen LogP contribution in [0.2, 0.25) is 5.15 Å². The predicted molar refractivity (Wildman–Crippen MR) is 52.4 cm³/mol. The van der Waals surface area contributed by atoms with Crippen molar-refractivity contribution in [1.29, 1.82) is 0 Å². The molecule has 0 radical (unpaired) electrons. The summed E-state index contributed by atoms with van der Waals surface area (Å²) in [6.45, 7) is 1.20. The monoisotopic (exact) mass is 215 g/mol. The highest BCUT2D eigenvalue weighted by Crippen LogP contribution is 2.18. The van der Waals surface area contributed by atoms with Crippen LogP contribution < -0.4 is 11.3 Å². The summed E-state index contributed by atoms with van der Waals surface area (Å²) in [5.41, 5.74) is 5.19. The summed E-state index contributed by atoms with van der Waals surface area (Å²) in [4.78, 5) is 15.5. The first-order valence-corrected chi connectivity index (χ1v) is 4.68. The Labute approximate surface area is 85.5 Å². The Hall–Kier alpha value is -1.07. The van der Waals surface area contributed by atoms with Crippen molar-refractivity contribution in [3.05, 3.63) is 21.8 Å². The Balaban J connectivity index is 2.44. The molecule has 1 saturated heterocycles. The molecule has 1 aliphatic rings. The van der Waals surface area contributed by atoms with E-state index in [4.69, 9.17) is 22.1 Å². The summed E-state index contributed by atoms with van der Waals surface area (Å²) in [7, 11) is 0. The van der Waals surface area contributed by atoms with E-state index in [1.807, 2.05) is 0 Å². The molecule has 0 bridgehead atoms. The van der Waals surface area contributed by atoms with Gasteiger partial charge in [0, 0.05) is 6.61 Å². The molecule has 1 aliphatic heterocycles. The second-order valence-corrected chi connectivity index (χ2v) is 3.54. The van der Waals surface area contributed by atoms with E-state index in [2.05, 4.69) is 4.98 Å². The first kappa shape index (κ1) is 9.48. The smallest absolute Gasteiger partial charge is 0.278 e. The molecule has 1 unspecified atom stereocenters. The number of hydrogen-bond donors (Lipinski definition) is 1. The average Bonchev–Trinajstić information content (AvgIpc) is 2.67. The summed E-state index contributed by atoms with van der Waals surface area (Å²) in [6, 6.07) is 0.0366. The maximum atomic E-state index is 11.6. The molecule has 2 rings (SSSR count). The van der Waals surface area contributed by atoms with Gasteiger partial charge in [-0.1, -0.05) is 11.6 Å². The largest absolute Gasteiger partial charge is 0.392 e. The molecule has 6 heteroatoms. The zero-order valence-electron chi connectivity index (χ0n) is 7.44. The van der Waals surface area contributed by atoms with Crippen molar-refractivity contribution in [3.8, 4) is 0 Å². The van der Waals surface area contributed by atoms with Gasteiger partial charge in [0.25, 0.3) is 5.56 Å². The lowest BCUT2D eigenvalue weighted by atomic mass is 10.2. The molecular weight excluding hydrogens is 206 g/mol. The first-order valence-electron chi connectivity index (χ1n) is 4.30. The number of hydrogen-bond acceptors (Lipinski definition) is 4. The lowest BCUT2D eigenvalue weighted by Gasteiger charge is -2.11. The Kier molecular flexibility index (Phi) is 2.43. The highest BCUT2D eigenvalue weighted by molar-refractivity contribution is 6.31. The third-order valence-corrected chi connectivity index (χ3v) is 2.58. The Bertz CT molecular complexity index is 398. The minimum atomic E-state index is -0.291. The van der Waals surface area contributed by atoms with Crippen molar-refractivity contribution in [1.82, 2.24) is 9.55 Å². The van der Waals surface area contributed by atoms with Gasteiger partial charge in [-0.3, -0.25) is 9.36 Å². The minimum Gasteiger partial charge on any atom is -0.392 e. The SMILES string of the molecule is Nc1c(Cl)ncn(C2CCOC2)c1=O. The van der Waals surface area contributed by atoms with Crippen LogP contribution in [-0.4, -0.2) is 22.8 Å². The zero-order chi connectivity index (χ0) is 10.1. The molecule has 0 saturated carbocycles. The Morgan fingerprint density at radius 3 is 3.14 bits per heavy atom.